The van der Waals surface area contributed by atoms with Crippen molar-refractivity contribution in [3.05, 3.63) is 47.2 Å². The van der Waals surface area contributed by atoms with Crippen molar-refractivity contribution in [3.63, 3.8) is 0 Å². The summed E-state index contributed by atoms with van der Waals surface area (Å²) >= 11 is 6.38. The Balaban J connectivity index is 2.27. The third kappa shape index (κ3) is 2.80. The van der Waals surface area contributed by atoms with Crippen molar-refractivity contribution >= 4 is 23.5 Å². The van der Waals surface area contributed by atoms with Crippen molar-refractivity contribution in [3.8, 4) is 0 Å². The maximum atomic E-state index is 12.3. The summed E-state index contributed by atoms with van der Waals surface area (Å²) in [6, 6.07) is 9.06. The SMILES string of the molecule is CC1=C(C(=O)O)C(c2ccccc2)C(C(=O)O)C2(C)CC(Cl)CCN12. The van der Waals surface area contributed by atoms with Gasteiger partial charge in [-0.3, -0.25) is 4.79 Å². The molecule has 2 N–H and O–H groups in total. The van der Waals surface area contributed by atoms with Crippen LogP contribution in [0.2, 0.25) is 0 Å². The van der Waals surface area contributed by atoms with E-state index in [1.54, 1.807) is 19.1 Å². The molecule has 0 aliphatic carbocycles. The minimum absolute atomic E-state index is 0.112. The largest absolute Gasteiger partial charge is 0.481 e. The van der Waals surface area contributed by atoms with Crippen LogP contribution in [0.25, 0.3) is 0 Å². The molecule has 2 heterocycles. The topological polar surface area (TPSA) is 77.8 Å². The van der Waals surface area contributed by atoms with Crippen LogP contribution in [0.3, 0.4) is 0 Å². The molecular formula is C19H22ClNO4. The summed E-state index contributed by atoms with van der Waals surface area (Å²) in [4.78, 5) is 26.3. The molecule has 2 aliphatic heterocycles. The molecule has 1 fully saturated rings. The number of benzene rings is 1. The molecule has 4 unspecified atom stereocenters. The molecule has 6 heteroatoms. The highest BCUT2D eigenvalue weighted by Gasteiger charge is 2.56. The van der Waals surface area contributed by atoms with E-state index in [1.165, 1.54) is 0 Å². The molecular weight excluding hydrogens is 342 g/mol. The number of aliphatic carboxylic acids is 2. The second-order valence-electron chi connectivity index (χ2n) is 7.11. The molecule has 0 saturated carbocycles. The lowest BCUT2D eigenvalue weighted by Gasteiger charge is -2.56. The average molecular weight is 364 g/mol. The van der Waals surface area contributed by atoms with Gasteiger partial charge in [0.15, 0.2) is 0 Å². The van der Waals surface area contributed by atoms with Gasteiger partial charge in [-0.25, -0.2) is 4.79 Å². The zero-order chi connectivity index (χ0) is 18.4. The van der Waals surface area contributed by atoms with Crippen LogP contribution in [0.4, 0.5) is 0 Å². The Labute approximate surface area is 151 Å². The van der Waals surface area contributed by atoms with Gasteiger partial charge in [-0.1, -0.05) is 30.3 Å². The van der Waals surface area contributed by atoms with Crippen molar-refractivity contribution in [2.45, 2.75) is 43.5 Å². The molecule has 0 spiro atoms. The standard InChI is InChI=1S/C19H22ClNO4/c1-11-14(17(22)23)15(12-6-4-3-5-7-12)16(18(24)25)19(2)10-13(20)8-9-21(11)19/h3-7,13,15-16H,8-10H2,1-2H3,(H,22,23)(H,24,25). The fourth-order valence-corrected chi connectivity index (χ4v) is 5.05. The molecule has 1 aromatic carbocycles. The van der Waals surface area contributed by atoms with Gasteiger partial charge in [0.25, 0.3) is 0 Å². The molecule has 5 nitrogen and oxygen atoms in total. The van der Waals surface area contributed by atoms with Crippen LogP contribution in [0.15, 0.2) is 41.6 Å². The van der Waals surface area contributed by atoms with Crippen molar-refractivity contribution in [2.75, 3.05) is 6.54 Å². The van der Waals surface area contributed by atoms with Gasteiger partial charge in [0, 0.05) is 23.5 Å². The van der Waals surface area contributed by atoms with E-state index in [1.807, 2.05) is 30.0 Å². The molecule has 3 rings (SSSR count). The summed E-state index contributed by atoms with van der Waals surface area (Å²) in [5.41, 5.74) is 0.804. The predicted molar refractivity (Wildman–Crippen MR) is 94.6 cm³/mol. The van der Waals surface area contributed by atoms with Gasteiger partial charge < -0.3 is 15.1 Å². The number of hydrogen-bond donors (Lipinski definition) is 2. The molecule has 134 valence electrons. The first-order valence-corrected chi connectivity index (χ1v) is 8.84. The number of hydrogen-bond acceptors (Lipinski definition) is 3. The highest BCUT2D eigenvalue weighted by atomic mass is 35.5. The van der Waals surface area contributed by atoms with E-state index in [-0.39, 0.29) is 11.0 Å². The maximum absolute atomic E-state index is 12.3. The fourth-order valence-electron chi connectivity index (χ4n) is 4.64. The van der Waals surface area contributed by atoms with Gasteiger partial charge in [0.1, 0.15) is 0 Å². The number of carboxylic acid groups (broad SMARTS) is 2. The van der Waals surface area contributed by atoms with E-state index in [0.717, 1.165) is 0 Å². The molecule has 0 amide bonds. The fraction of sp³-hybridized carbons (Fsp3) is 0.474. The summed E-state index contributed by atoms with van der Waals surface area (Å²) < 4.78 is 0. The highest BCUT2D eigenvalue weighted by Crippen LogP contribution is 2.52. The predicted octanol–water partition coefficient (Wildman–Crippen LogP) is 3.31. The third-order valence-electron chi connectivity index (χ3n) is 5.68. The third-order valence-corrected chi connectivity index (χ3v) is 6.05. The van der Waals surface area contributed by atoms with Crippen LogP contribution in [0, 0.1) is 5.92 Å². The van der Waals surface area contributed by atoms with Gasteiger partial charge in [-0.05, 0) is 32.3 Å². The summed E-state index contributed by atoms with van der Waals surface area (Å²) in [5.74, 6) is -3.64. The van der Waals surface area contributed by atoms with Crippen LogP contribution < -0.4 is 0 Å². The van der Waals surface area contributed by atoms with Gasteiger partial charge >= 0.3 is 11.9 Å². The molecule has 1 saturated heterocycles. The van der Waals surface area contributed by atoms with Crippen LogP contribution in [0.5, 0.6) is 0 Å². The van der Waals surface area contributed by atoms with E-state index >= 15 is 0 Å². The minimum atomic E-state index is -1.06. The summed E-state index contributed by atoms with van der Waals surface area (Å²) in [6.45, 7) is 4.25. The molecule has 0 radical (unpaired) electrons. The van der Waals surface area contributed by atoms with Gasteiger partial charge in [-0.15, -0.1) is 11.6 Å². The minimum Gasteiger partial charge on any atom is -0.481 e. The number of allylic oxidation sites excluding steroid dienone is 1. The molecule has 2 aliphatic rings. The first-order valence-electron chi connectivity index (χ1n) is 8.41. The second-order valence-corrected chi connectivity index (χ2v) is 7.72. The Morgan fingerprint density at radius 1 is 1.24 bits per heavy atom. The lowest BCUT2D eigenvalue weighted by molar-refractivity contribution is -0.150. The molecule has 1 aromatic rings. The Kier molecular flexibility index (Phi) is 4.54. The van der Waals surface area contributed by atoms with E-state index < -0.39 is 29.3 Å². The van der Waals surface area contributed by atoms with Crippen molar-refractivity contribution < 1.29 is 19.8 Å². The lowest BCUT2D eigenvalue weighted by Crippen LogP contribution is -2.62. The Morgan fingerprint density at radius 2 is 1.88 bits per heavy atom. The molecule has 4 atom stereocenters. The average Bonchev–Trinajstić information content (AvgIpc) is 2.53. The normalized spacial score (nSPS) is 32.3. The van der Waals surface area contributed by atoms with Crippen LogP contribution >= 0.6 is 11.6 Å². The maximum Gasteiger partial charge on any atom is 0.333 e. The van der Waals surface area contributed by atoms with Crippen molar-refractivity contribution in [1.29, 1.82) is 0 Å². The smallest absolute Gasteiger partial charge is 0.333 e. The van der Waals surface area contributed by atoms with E-state index in [0.29, 0.717) is 30.6 Å². The number of alkyl halides is 1. The van der Waals surface area contributed by atoms with E-state index in [2.05, 4.69) is 0 Å². The number of carbonyl (C=O) groups is 2. The number of rotatable bonds is 3. The molecule has 25 heavy (non-hydrogen) atoms. The summed E-state index contributed by atoms with van der Waals surface area (Å²) in [6.07, 6.45) is 1.23. The van der Waals surface area contributed by atoms with Gasteiger partial charge in [-0.2, -0.15) is 0 Å². The second kappa shape index (κ2) is 6.37. The zero-order valence-corrected chi connectivity index (χ0v) is 15.0. The van der Waals surface area contributed by atoms with Crippen molar-refractivity contribution in [1.82, 2.24) is 4.90 Å². The highest BCUT2D eigenvalue weighted by molar-refractivity contribution is 6.20. The number of fused-ring (bicyclic) bond motifs is 1. The number of halogens is 1. The van der Waals surface area contributed by atoms with Gasteiger partial charge in [0.05, 0.1) is 17.0 Å². The van der Waals surface area contributed by atoms with Crippen LogP contribution in [0.1, 0.15) is 38.2 Å². The first-order chi connectivity index (χ1) is 11.8. The first kappa shape index (κ1) is 17.8. The number of carboxylic acids is 2. The summed E-state index contributed by atoms with van der Waals surface area (Å²) in [7, 11) is 0. The molecule has 0 aromatic heterocycles. The van der Waals surface area contributed by atoms with Crippen LogP contribution in [-0.2, 0) is 9.59 Å². The summed E-state index contributed by atoms with van der Waals surface area (Å²) in [5, 5.41) is 19.8. The van der Waals surface area contributed by atoms with Gasteiger partial charge in [0.2, 0.25) is 0 Å². The van der Waals surface area contributed by atoms with Crippen molar-refractivity contribution in [2.24, 2.45) is 5.92 Å². The Bertz CT molecular complexity index is 732. The van der Waals surface area contributed by atoms with E-state index in [4.69, 9.17) is 11.6 Å². The Hall–Kier alpha value is -2.01. The van der Waals surface area contributed by atoms with Crippen LogP contribution in [-0.4, -0.2) is 44.5 Å². The number of piperidine rings is 1. The quantitative estimate of drug-likeness (QED) is 0.805. The zero-order valence-electron chi connectivity index (χ0n) is 14.3. The number of nitrogens with zero attached hydrogens (tertiary/aromatic N) is 1. The molecule has 0 bridgehead atoms. The Morgan fingerprint density at radius 3 is 2.44 bits per heavy atom. The van der Waals surface area contributed by atoms with E-state index in [9.17, 15) is 19.8 Å². The lowest BCUT2D eigenvalue weighted by atomic mass is 9.63. The monoisotopic (exact) mass is 363 g/mol.